The minimum Gasteiger partial charge on any atom is -0.337 e. The zero-order valence-electron chi connectivity index (χ0n) is 15.7. The molecule has 148 valence electrons. The fraction of sp³-hybridized carbons (Fsp3) is 0.524. The van der Waals surface area contributed by atoms with Gasteiger partial charge in [0.25, 0.3) is 0 Å². The molecular weight excluding hydrogens is 362 g/mol. The molecule has 1 aromatic heterocycles. The van der Waals surface area contributed by atoms with Crippen molar-refractivity contribution in [3.63, 3.8) is 0 Å². The van der Waals surface area contributed by atoms with E-state index in [-0.39, 0.29) is 23.9 Å². The fourth-order valence-corrected chi connectivity index (χ4v) is 5.57. The molecule has 5 nitrogen and oxygen atoms in total. The van der Waals surface area contributed by atoms with E-state index in [9.17, 15) is 13.6 Å². The van der Waals surface area contributed by atoms with E-state index < -0.39 is 11.6 Å². The average Bonchev–Trinajstić information content (AvgIpc) is 3.38. The monoisotopic (exact) mass is 386 g/mol. The van der Waals surface area contributed by atoms with Gasteiger partial charge in [-0.05, 0) is 49.5 Å². The Hall–Kier alpha value is -2.28. The lowest BCUT2D eigenvalue weighted by atomic mass is 9.75. The van der Waals surface area contributed by atoms with Gasteiger partial charge in [0.2, 0.25) is 5.91 Å². The summed E-state index contributed by atoms with van der Waals surface area (Å²) in [5.41, 5.74) is 0.407. The van der Waals surface area contributed by atoms with Crippen molar-refractivity contribution in [2.45, 2.75) is 43.8 Å². The van der Waals surface area contributed by atoms with Gasteiger partial charge in [0.05, 0.1) is 6.04 Å². The van der Waals surface area contributed by atoms with Crippen LogP contribution in [-0.2, 0) is 11.3 Å². The largest absolute Gasteiger partial charge is 0.337 e. The first-order valence-electron chi connectivity index (χ1n) is 10.1. The number of piperidine rings is 3. The Morgan fingerprint density at radius 2 is 1.96 bits per heavy atom. The van der Waals surface area contributed by atoms with Crippen molar-refractivity contribution in [3.8, 4) is 0 Å². The number of likely N-dealkylation sites (tertiary alicyclic amines) is 1. The van der Waals surface area contributed by atoms with Gasteiger partial charge >= 0.3 is 0 Å². The number of hydrogen-bond acceptors (Lipinski definition) is 3. The fourth-order valence-electron chi connectivity index (χ4n) is 5.57. The number of rotatable bonds is 4. The summed E-state index contributed by atoms with van der Waals surface area (Å²) < 4.78 is 30.3. The Bertz CT molecular complexity index is 863. The number of hydrogen-bond donors (Lipinski definition) is 0. The van der Waals surface area contributed by atoms with E-state index in [4.69, 9.17) is 0 Å². The summed E-state index contributed by atoms with van der Waals surface area (Å²) in [5.74, 6) is -1.23. The Balaban J connectivity index is 1.43. The zero-order chi connectivity index (χ0) is 19.3. The van der Waals surface area contributed by atoms with E-state index in [2.05, 4.69) is 10.00 Å². The maximum atomic E-state index is 14.6. The smallest absolute Gasteiger partial charge is 0.224 e. The number of carbonyl (C=O) groups is 1. The maximum absolute atomic E-state index is 14.6. The molecule has 28 heavy (non-hydrogen) atoms. The lowest BCUT2D eigenvalue weighted by molar-refractivity contribution is -0.136. The average molecular weight is 386 g/mol. The molecule has 2 bridgehead atoms. The van der Waals surface area contributed by atoms with E-state index in [1.807, 2.05) is 17.2 Å². The Morgan fingerprint density at radius 3 is 2.71 bits per heavy atom. The summed E-state index contributed by atoms with van der Waals surface area (Å²) in [6.45, 7) is 2.96. The molecule has 2 aromatic rings. The molecule has 0 radical (unpaired) electrons. The predicted octanol–water partition coefficient (Wildman–Crippen LogP) is 2.64. The second-order valence-electron chi connectivity index (χ2n) is 8.17. The number of benzene rings is 1. The highest BCUT2D eigenvalue weighted by atomic mass is 19.2. The van der Waals surface area contributed by atoms with Crippen molar-refractivity contribution in [3.05, 3.63) is 53.9 Å². The molecule has 4 fully saturated rings. The van der Waals surface area contributed by atoms with Gasteiger partial charge < -0.3 is 4.90 Å². The predicted molar refractivity (Wildman–Crippen MR) is 99.5 cm³/mol. The van der Waals surface area contributed by atoms with Crippen LogP contribution in [0.5, 0.6) is 0 Å². The van der Waals surface area contributed by atoms with Crippen LogP contribution in [0.15, 0.2) is 36.7 Å². The molecule has 3 atom stereocenters. The van der Waals surface area contributed by atoms with E-state index in [0.717, 1.165) is 32.0 Å². The number of carbonyl (C=O) groups excluding carboxylic acids is 1. The van der Waals surface area contributed by atoms with Crippen LogP contribution in [0.25, 0.3) is 0 Å². The first-order valence-corrected chi connectivity index (χ1v) is 10.1. The first kappa shape index (κ1) is 17.8. The minimum atomic E-state index is -0.812. The van der Waals surface area contributed by atoms with Crippen LogP contribution in [0.1, 0.15) is 30.7 Å². The van der Waals surface area contributed by atoms with Crippen molar-refractivity contribution >= 4 is 5.91 Å². The van der Waals surface area contributed by atoms with Crippen LogP contribution in [-0.4, -0.2) is 57.2 Å². The molecule has 4 aliphatic rings. The number of fused-ring (bicyclic) bond motifs is 2. The lowest BCUT2D eigenvalue weighted by Gasteiger charge is -2.51. The van der Waals surface area contributed by atoms with Crippen molar-refractivity contribution in [1.29, 1.82) is 0 Å². The third kappa shape index (κ3) is 2.83. The van der Waals surface area contributed by atoms with Gasteiger partial charge in [-0.1, -0.05) is 12.1 Å². The molecule has 1 aromatic carbocycles. The van der Waals surface area contributed by atoms with Gasteiger partial charge in [0, 0.05) is 43.9 Å². The van der Waals surface area contributed by atoms with Crippen molar-refractivity contribution in [2.75, 3.05) is 19.6 Å². The third-order valence-electron chi connectivity index (χ3n) is 6.81. The molecule has 0 spiro atoms. The summed E-state index contributed by atoms with van der Waals surface area (Å²) in [5, 5.41) is 4.16. The molecule has 1 amide bonds. The van der Waals surface area contributed by atoms with E-state index in [0.29, 0.717) is 31.0 Å². The number of amides is 1. The molecule has 0 aliphatic carbocycles. The number of halogens is 2. The van der Waals surface area contributed by atoms with Gasteiger partial charge in [0.15, 0.2) is 11.6 Å². The molecule has 0 saturated carbocycles. The summed E-state index contributed by atoms with van der Waals surface area (Å²) in [7, 11) is 0. The molecule has 0 unspecified atom stereocenters. The third-order valence-corrected chi connectivity index (χ3v) is 6.81. The minimum absolute atomic E-state index is 0.0810. The van der Waals surface area contributed by atoms with E-state index in [1.165, 1.54) is 0 Å². The molecule has 6 rings (SSSR count). The number of aryl methyl sites for hydroxylation is 1. The lowest BCUT2D eigenvalue weighted by Crippen LogP contribution is -2.60. The summed E-state index contributed by atoms with van der Waals surface area (Å²) >= 11 is 0. The Labute approximate surface area is 162 Å². The second-order valence-corrected chi connectivity index (χ2v) is 8.17. The van der Waals surface area contributed by atoms with E-state index >= 15 is 0 Å². The number of aromatic nitrogens is 2. The van der Waals surface area contributed by atoms with Gasteiger partial charge in [-0.2, -0.15) is 5.10 Å². The van der Waals surface area contributed by atoms with Crippen LogP contribution in [0.3, 0.4) is 0 Å². The summed E-state index contributed by atoms with van der Waals surface area (Å²) in [4.78, 5) is 17.4. The van der Waals surface area contributed by atoms with Crippen LogP contribution >= 0.6 is 0 Å². The van der Waals surface area contributed by atoms with Crippen molar-refractivity contribution < 1.29 is 13.6 Å². The topological polar surface area (TPSA) is 41.4 Å². The molecule has 0 N–H and O–H groups in total. The van der Waals surface area contributed by atoms with Crippen LogP contribution in [0.4, 0.5) is 8.78 Å². The normalized spacial score (nSPS) is 31.2. The standard InChI is InChI=1S/C21H24F2N4O/c22-17-4-1-3-15(19(17)23)16-13-27(18(28)7-12-26-9-2-8-24-26)20-14-5-10-25(11-6-14)21(16)20/h1-4,8-9,14,16,20-21H,5-7,10-13H2/t16-,20-,21-/m1/s1. The van der Waals surface area contributed by atoms with Gasteiger partial charge in [-0.15, -0.1) is 0 Å². The molecule has 4 saturated heterocycles. The molecule has 5 heterocycles. The Kier molecular flexibility index (Phi) is 4.42. The highest BCUT2D eigenvalue weighted by molar-refractivity contribution is 5.77. The van der Waals surface area contributed by atoms with Crippen molar-refractivity contribution in [1.82, 2.24) is 19.6 Å². The van der Waals surface area contributed by atoms with Gasteiger partial charge in [-0.3, -0.25) is 14.4 Å². The van der Waals surface area contributed by atoms with Crippen LogP contribution in [0.2, 0.25) is 0 Å². The highest BCUT2D eigenvalue weighted by Crippen LogP contribution is 2.47. The van der Waals surface area contributed by atoms with Crippen molar-refractivity contribution in [2.24, 2.45) is 5.92 Å². The van der Waals surface area contributed by atoms with Crippen LogP contribution < -0.4 is 0 Å². The summed E-state index contributed by atoms with van der Waals surface area (Å²) in [6, 6.07) is 6.43. The van der Waals surface area contributed by atoms with Crippen LogP contribution in [0, 0.1) is 17.6 Å². The zero-order valence-corrected chi connectivity index (χ0v) is 15.7. The SMILES string of the molecule is O=C(CCn1cccn1)N1C[C@H](c2cccc(F)c2F)[C@@H]2[C@H]1C1CCN2CC1. The van der Waals surface area contributed by atoms with Gasteiger partial charge in [-0.25, -0.2) is 8.78 Å². The first-order chi connectivity index (χ1) is 13.6. The summed E-state index contributed by atoms with van der Waals surface area (Å²) in [6.07, 6.45) is 6.06. The molecular formula is C21H24F2N4O. The maximum Gasteiger partial charge on any atom is 0.224 e. The molecule has 7 heteroatoms. The Morgan fingerprint density at radius 1 is 1.14 bits per heavy atom. The molecule has 4 aliphatic heterocycles. The highest BCUT2D eigenvalue weighted by Gasteiger charge is 2.54. The van der Waals surface area contributed by atoms with Gasteiger partial charge in [0.1, 0.15) is 0 Å². The van der Waals surface area contributed by atoms with E-state index in [1.54, 1.807) is 23.0 Å². The number of nitrogens with zero attached hydrogens (tertiary/aromatic N) is 4. The second kappa shape index (κ2) is 6.95. The quantitative estimate of drug-likeness (QED) is 0.811.